The van der Waals surface area contributed by atoms with Gasteiger partial charge in [0.15, 0.2) is 0 Å². The molecule has 0 unspecified atom stereocenters. The molecule has 4 nitrogen and oxygen atoms in total. The number of nitrogens with zero attached hydrogens (tertiary/aromatic N) is 1. The van der Waals surface area contributed by atoms with Crippen LogP contribution in [0.4, 0.5) is 5.69 Å². The van der Waals surface area contributed by atoms with Gasteiger partial charge in [0, 0.05) is 29.6 Å². The van der Waals surface area contributed by atoms with Crippen molar-refractivity contribution in [3.63, 3.8) is 0 Å². The molecule has 2 amide bonds. The van der Waals surface area contributed by atoms with E-state index in [0.29, 0.717) is 19.0 Å². The number of carbonyl (C=O) groups is 2. The number of piperidine rings is 1. The van der Waals surface area contributed by atoms with Gasteiger partial charge in [-0.1, -0.05) is 25.1 Å². The van der Waals surface area contributed by atoms with E-state index >= 15 is 0 Å². The predicted molar refractivity (Wildman–Crippen MR) is 109 cm³/mol. The minimum atomic E-state index is -0.0216. The van der Waals surface area contributed by atoms with Crippen LogP contribution in [0.25, 0.3) is 0 Å². The van der Waals surface area contributed by atoms with Crippen molar-refractivity contribution in [3.8, 4) is 0 Å². The molecule has 1 aliphatic heterocycles. The van der Waals surface area contributed by atoms with Crippen LogP contribution in [0.3, 0.4) is 0 Å². The van der Waals surface area contributed by atoms with E-state index in [1.807, 2.05) is 35.2 Å². The molecule has 1 aromatic heterocycles. The Kier molecular flexibility index (Phi) is 5.30. The Balaban J connectivity index is 1.34. The molecular weight excluding hydrogens is 356 g/mol. The number of thiophene rings is 1. The van der Waals surface area contributed by atoms with Crippen LogP contribution >= 0.6 is 11.3 Å². The Morgan fingerprint density at radius 2 is 1.85 bits per heavy atom. The Bertz CT molecular complexity index is 822. The summed E-state index contributed by atoms with van der Waals surface area (Å²) in [5.41, 5.74) is 2.21. The van der Waals surface area contributed by atoms with E-state index in [9.17, 15) is 9.59 Å². The lowest BCUT2D eigenvalue weighted by atomic mass is 9.90. The summed E-state index contributed by atoms with van der Waals surface area (Å²) >= 11 is 1.68. The molecule has 0 bridgehead atoms. The first-order chi connectivity index (χ1) is 13.1. The summed E-state index contributed by atoms with van der Waals surface area (Å²) < 4.78 is 0. The molecule has 0 saturated carbocycles. The van der Waals surface area contributed by atoms with E-state index < -0.39 is 0 Å². The first-order valence-corrected chi connectivity index (χ1v) is 10.7. The smallest absolute Gasteiger partial charge is 0.263 e. The Morgan fingerprint density at radius 3 is 2.59 bits per heavy atom. The number of anilines is 1. The van der Waals surface area contributed by atoms with Crippen LogP contribution < -0.4 is 5.32 Å². The summed E-state index contributed by atoms with van der Waals surface area (Å²) in [5, 5.41) is 2.98. The van der Waals surface area contributed by atoms with Gasteiger partial charge in [-0.25, -0.2) is 0 Å². The van der Waals surface area contributed by atoms with Crippen LogP contribution in [0.2, 0.25) is 0 Å². The molecule has 0 radical (unpaired) electrons. The van der Waals surface area contributed by atoms with Crippen molar-refractivity contribution < 1.29 is 9.59 Å². The Morgan fingerprint density at radius 1 is 1.11 bits per heavy atom. The molecule has 4 rings (SSSR count). The third-order valence-electron chi connectivity index (χ3n) is 5.73. The van der Waals surface area contributed by atoms with E-state index in [1.54, 1.807) is 11.3 Å². The highest BCUT2D eigenvalue weighted by molar-refractivity contribution is 7.14. The van der Waals surface area contributed by atoms with Crippen molar-refractivity contribution in [2.75, 3.05) is 18.4 Å². The van der Waals surface area contributed by atoms with Crippen LogP contribution in [-0.4, -0.2) is 29.8 Å². The largest absolute Gasteiger partial charge is 0.338 e. The summed E-state index contributed by atoms with van der Waals surface area (Å²) in [7, 11) is 0. The molecule has 1 saturated heterocycles. The average Bonchev–Trinajstić information content (AvgIpc) is 3.11. The molecule has 27 heavy (non-hydrogen) atoms. The number of hydrogen-bond acceptors (Lipinski definition) is 3. The maximum Gasteiger partial charge on any atom is 0.263 e. The zero-order chi connectivity index (χ0) is 18.8. The lowest BCUT2D eigenvalue weighted by Crippen LogP contribution is -2.41. The normalized spacial score (nSPS) is 20.2. The average molecular weight is 383 g/mol. The predicted octanol–water partition coefficient (Wildman–Crippen LogP) is 4.36. The van der Waals surface area contributed by atoms with E-state index in [-0.39, 0.29) is 17.7 Å². The summed E-state index contributed by atoms with van der Waals surface area (Å²) in [6, 6.07) is 11.7. The lowest BCUT2D eigenvalue weighted by molar-refractivity contribution is -0.121. The molecule has 1 aromatic carbocycles. The van der Waals surface area contributed by atoms with Gasteiger partial charge in [-0.05, 0) is 61.8 Å². The van der Waals surface area contributed by atoms with Crippen molar-refractivity contribution in [1.29, 1.82) is 0 Å². The van der Waals surface area contributed by atoms with Gasteiger partial charge in [-0.2, -0.15) is 0 Å². The summed E-state index contributed by atoms with van der Waals surface area (Å²) in [6.45, 7) is 3.60. The number of para-hydroxylation sites is 1. The van der Waals surface area contributed by atoms with Crippen LogP contribution in [0.15, 0.2) is 36.4 Å². The van der Waals surface area contributed by atoms with Gasteiger partial charge in [0.2, 0.25) is 5.91 Å². The topological polar surface area (TPSA) is 49.4 Å². The van der Waals surface area contributed by atoms with Crippen LogP contribution in [-0.2, 0) is 17.6 Å². The minimum Gasteiger partial charge on any atom is -0.338 e. The summed E-state index contributed by atoms with van der Waals surface area (Å²) in [5.74, 6) is 0.901. The molecule has 0 spiro atoms. The van der Waals surface area contributed by atoms with Crippen LogP contribution in [0.1, 0.15) is 46.3 Å². The fourth-order valence-corrected chi connectivity index (χ4v) is 5.25. The molecule has 2 heterocycles. The number of carbonyl (C=O) groups excluding carboxylic acids is 2. The molecule has 5 heteroatoms. The van der Waals surface area contributed by atoms with Gasteiger partial charge >= 0.3 is 0 Å². The first-order valence-electron chi connectivity index (χ1n) is 9.87. The van der Waals surface area contributed by atoms with Gasteiger partial charge in [-0.3, -0.25) is 9.59 Å². The molecule has 2 aromatic rings. The number of amides is 2. The first kappa shape index (κ1) is 18.2. The maximum absolute atomic E-state index is 12.9. The zero-order valence-corrected chi connectivity index (χ0v) is 16.6. The minimum absolute atomic E-state index is 0.0216. The van der Waals surface area contributed by atoms with Gasteiger partial charge in [-0.15, -0.1) is 11.3 Å². The van der Waals surface area contributed by atoms with Crippen molar-refractivity contribution in [2.24, 2.45) is 11.8 Å². The summed E-state index contributed by atoms with van der Waals surface area (Å²) in [6.07, 6.45) is 4.89. The SMILES string of the molecule is C[C@@H]1CCc2sc(C(=O)N3CCC(C(=O)Nc4ccccc4)CC3)cc2C1. The molecule has 142 valence electrons. The number of fused-ring (bicyclic) bond motifs is 1. The quantitative estimate of drug-likeness (QED) is 0.857. The van der Waals surface area contributed by atoms with E-state index in [4.69, 9.17) is 0 Å². The fraction of sp³-hybridized carbons (Fsp3) is 0.455. The fourth-order valence-electron chi connectivity index (χ4n) is 4.08. The standard InChI is InChI=1S/C22H26N2O2S/c1-15-7-8-19-17(13-15)14-20(27-19)22(26)24-11-9-16(10-12-24)21(25)23-18-5-3-2-4-6-18/h2-6,14-16H,7-13H2,1H3,(H,23,25)/t15-/m1/s1. The second-order valence-corrected chi connectivity index (χ2v) is 8.97. The summed E-state index contributed by atoms with van der Waals surface area (Å²) in [4.78, 5) is 29.6. The number of nitrogens with one attached hydrogen (secondary N) is 1. The zero-order valence-electron chi connectivity index (χ0n) is 15.7. The lowest BCUT2D eigenvalue weighted by Gasteiger charge is -2.31. The molecule has 1 fully saturated rings. The third kappa shape index (κ3) is 4.08. The Labute approximate surface area is 164 Å². The van der Waals surface area contributed by atoms with Gasteiger partial charge < -0.3 is 10.2 Å². The van der Waals surface area contributed by atoms with Crippen molar-refractivity contribution in [1.82, 2.24) is 4.90 Å². The monoisotopic (exact) mass is 382 g/mol. The molecule has 1 aliphatic carbocycles. The number of benzene rings is 1. The molecule has 2 aliphatic rings. The van der Waals surface area contributed by atoms with Gasteiger partial charge in [0.1, 0.15) is 0 Å². The van der Waals surface area contributed by atoms with Gasteiger partial charge in [0.25, 0.3) is 5.91 Å². The Hall–Kier alpha value is -2.14. The third-order valence-corrected chi connectivity index (χ3v) is 6.96. The van der Waals surface area contributed by atoms with Crippen molar-refractivity contribution >= 4 is 28.8 Å². The highest BCUT2D eigenvalue weighted by Crippen LogP contribution is 2.33. The number of likely N-dealkylation sites (tertiary alicyclic amines) is 1. The highest BCUT2D eigenvalue weighted by Gasteiger charge is 2.29. The van der Waals surface area contributed by atoms with Crippen molar-refractivity contribution in [2.45, 2.75) is 39.0 Å². The number of aryl methyl sites for hydroxylation is 1. The molecule has 1 N–H and O–H groups in total. The second-order valence-electron chi connectivity index (χ2n) is 7.83. The van der Waals surface area contributed by atoms with Crippen LogP contribution in [0.5, 0.6) is 0 Å². The second kappa shape index (κ2) is 7.85. The number of hydrogen-bond donors (Lipinski definition) is 1. The molecule has 1 atom stereocenters. The van der Waals surface area contributed by atoms with Crippen molar-refractivity contribution in [3.05, 3.63) is 51.7 Å². The van der Waals surface area contributed by atoms with E-state index in [2.05, 4.69) is 18.3 Å². The van der Waals surface area contributed by atoms with Gasteiger partial charge in [0.05, 0.1) is 4.88 Å². The number of rotatable bonds is 3. The highest BCUT2D eigenvalue weighted by atomic mass is 32.1. The maximum atomic E-state index is 12.9. The van der Waals surface area contributed by atoms with Crippen LogP contribution in [0, 0.1) is 11.8 Å². The van der Waals surface area contributed by atoms with E-state index in [1.165, 1.54) is 16.9 Å². The van der Waals surface area contributed by atoms with E-state index in [0.717, 1.165) is 36.2 Å². The molecular formula is C22H26N2O2S.